The van der Waals surface area contributed by atoms with Crippen LogP contribution < -0.4 is 0 Å². The average Bonchev–Trinajstić information content (AvgIpc) is 3.49. The van der Waals surface area contributed by atoms with Crippen molar-refractivity contribution in [1.82, 2.24) is 20.3 Å². The fraction of sp³-hybridized carbons (Fsp3) is 0.300. The zero-order valence-electron chi connectivity index (χ0n) is 15.1. The molecule has 4 aromatic rings. The normalized spacial score (nSPS) is 17.3. The van der Waals surface area contributed by atoms with E-state index < -0.39 is 0 Å². The van der Waals surface area contributed by atoms with E-state index in [1.807, 2.05) is 46.7 Å². The highest BCUT2D eigenvalue weighted by atomic mass is 32.1. The molecule has 4 heterocycles. The van der Waals surface area contributed by atoms with Gasteiger partial charge in [0.05, 0.1) is 17.2 Å². The number of rotatable bonds is 4. The van der Waals surface area contributed by atoms with Crippen LogP contribution in [0, 0.1) is 0 Å². The van der Waals surface area contributed by atoms with Gasteiger partial charge in [0.2, 0.25) is 11.8 Å². The van der Waals surface area contributed by atoms with E-state index in [0.717, 1.165) is 29.6 Å². The molecule has 0 bridgehead atoms. The molecule has 0 aliphatic carbocycles. The minimum absolute atomic E-state index is 0.0433. The van der Waals surface area contributed by atoms with Gasteiger partial charge in [-0.1, -0.05) is 23.4 Å². The number of fused-ring (bicyclic) bond motifs is 1. The maximum atomic E-state index is 12.9. The molecule has 0 N–H and O–H groups in total. The van der Waals surface area contributed by atoms with E-state index in [9.17, 15) is 4.79 Å². The molecule has 1 fully saturated rings. The summed E-state index contributed by atoms with van der Waals surface area (Å²) in [7, 11) is 0. The van der Waals surface area contributed by atoms with Crippen LogP contribution in [-0.4, -0.2) is 39.3 Å². The van der Waals surface area contributed by atoms with Gasteiger partial charge in [-0.2, -0.15) is 0 Å². The van der Waals surface area contributed by atoms with Gasteiger partial charge in [-0.25, -0.2) is 0 Å². The third-order valence-corrected chi connectivity index (χ3v) is 5.92. The third kappa shape index (κ3) is 3.20. The number of likely N-dealkylation sites (tertiary alicyclic amines) is 1. The van der Waals surface area contributed by atoms with Gasteiger partial charge < -0.3 is 13.8 Å². The zero-order valence-corrected chi connectivity index (χ0v) is 15.9. The van der Waals surface area contributed by atoms with E-state index in [-0.39, 0.29) is 18.2 Å². The Morgan fingerprint density at radius 2 is 2.14 bits per heavy atom. The molecule has 1 aliphatic heterocycles. The molecule has 7 nitrogen and oxygen atoms in total. The summed E-state index contributed by atoms with van der Waals surface area (Å²) in [6.07, 6.45) is 2.07. The first kappa shape index (κ1) is 17.1. The Hall–Kier alpha value is -3.00. The Labute approximate surface area is 165 Å². The van der Waals surface area contributed by atoms with Crippen LogP contribution in [0.4, 0.5) is 0 Å². The highest BCUT2D eigenvalue weighted by Gasteiger charge is 2.29. The highest BCUT2D eigenvalue weighted by Crippen LogP contribution is 2.30. The molecule has 1 aliphatic rings. The Morgan fingerprint density at radius 3 is 3.04 bits per heavy atom. The summed E-state index contributed by atoms with van der Waals surface area (Å²) < 4.78 is 11.2. The Bertz CT molecular complexity index is 1100. The minimum atomic E-state index is 0.0433. The fourth-order valence-corrected chi connectivity index (χ4v) is 4.27. The first-order valence-corrected chi connectivity index (χ1v) is 10.1. The lowest BCUT2D eigenvalue weighted by Gasteiger charge is -2.31. The van der Waals surface area contributed by atoms with Gasteiger partial charge in [0.1, 0.15) is 5.69 Å². The number of piperidine rings is 1. The number of thiophene rings is 1. The van der Waals surface area contributed by atoms with Crippen molar-refractivity contribution in [1.29, 1.82) is 0 Å². The lowest BCUT2D eigenvalue weighted by Crippen LogP contribution is -2.40. The van der Waals surface area contributed by atoms with Crippen LogP contribution in [0.1, 0.15) is 30.3 Å². The highest BCUT2D eigenvalue weighted by molar-refractivity contribution is 7.13. The molecule has 1 unspecified atom stereocenters. The molecule has 0 radical (unpaired) electrons. The molecule has 28 heavy (non-hydrogen) atoms. The van der Waals surface area contributed by atoms with E-state index in [1.165, 1.54) is 0 Å². The SMILES string of the molecule is O=C(Cc1noc2ccccc12)N1CCCC(c2nnc(-c3cccs3)o2)C1. The Balaban J connectivity index is 1.29. The Kier molecular flexibility index (Phi) is 4.40. The largest absolute Gasteiger partial charge is 0.420 e. The molecular formula is C20H18N4O3S. The molecule has 0 spiro atoms. The monoisotopic (exact) mass is 394 g/mol. The summed E-state index contributed by atoms with van der Waals surface area (Å²) in [5, 5.41) is 15.3. The van der Waals surface area contributed by atoms with Gasteiger partial charge in [-0.05, 0) is 36.4 Å². The number of benzene rings is 1. The second-order valence-electron chi connectivity index (χ2n) is 6.90. The van der Waals surface area contributed by atoms with Gasteiger partial charge in [-0.3, -0.25) is 4.79 Å². The Morgan fingerprint density at radius 1 is 1.21 bits per heavy atom. The van der Waals surface area contributed by atoms with Gasteiger partial charge >= 0.3 is 0 Å². The molecule has 1 atom stereocenters. The number of nitrogens with zero attached hydrogens (tertiary/aromatic N) is 4. The van der Waals surface area contributed by atoms with Gasteiger partial charge in [0.15, 0.2) is 5.58 Å². The first-order valence-electron chi connectivity index (χ1n) is 9.26. The van der Waals surface area contributed by atoms with E-state index in [2.05, 4.69) is 15.4 Å². The van der Waals surface area contributed by atoms with Crippen LogP contribution in [-0.2, 0) is 11.2 Å². The van der Waals surface area contributed by atoms with Gasteiger partial charge in [0.25, 0.3) is 5.89 Å². The summed E-state index contributed by atoms with van der Waals surface area (Å²) in [5.41, 5.74) is 1.38. The summed E-state index contributed by atoms with van der Waals surface area (Å²) >= 11 is 1.57. The van der Waals surface area contributed by atoms with E-state index in [1.54, 1.807) is 11.3 Å². The maximum Gasteiger partial charge on any atom is 0.257 e. The van der Waals surface area contributed by atoms with Crippen molar-refractivity contribution in [2.75, 3.05) is 13.1 Å². The number of hydrogen-bond acceptors (Lipinski definition) is 7. The minimum Gasteiger partial charge on any atom is -0.420 e. The van der Waals surface area contributed by atoms with Gasteiger partial charge in [0, 0.05) is 18.5 Å². The van der Waals surface area contributed by atoms with Crippen molar-refractivity contribution in [3.05, 3.63) is 53.4 Å². The van der Waals surface area contributed by atoms with Crippen LogP contribution in [0.3, 0.4) is 0 Å². The van der Waals surface area contributed by atoms with Crippen molar-refractivity contribution in [3.63, 3.8) is 0 Å². The predicted molar refractivity (Wildman–Crippen MR) is 104 cm³/mol. The summed E-state index contributed by atoms with van der Waals surface area (Å²) in [6.45, 7) is 1.32. The quantitative estimate of drug-likeness (QED) is 0.522. The standard InChI is InChI=1S/C20H18N4O3S/c25-18(11-15-14-6-1-2-7-16(14)27-23-15)24-9-3-5-13(12-24)19-21-22-20(26-19)17-8-4-10-28-17/h1-2,4,6-8,10,13H,3,5,9,11-12H2. The van der Waals surface area contributed by atoms with Crippen LogP contribution in [0.15, 0.2) is 50.7 Å². The van der Waals surface area contributed by atoms with Crippen LogP contribution in [0.25, 0.3) is 21.7 Å². The second kappa shape index (κ2) is 7.20. The van der Waals surface area contributed by atoms with E-state index in [0.29, 0.717) is 29.6 Å². The lowest BCUT2D eigenvalue weighted by atomic mass is 9.97. The average molecular weight is 394 g/mol. The molecule has 8 heteroatoms. The van der Waals surface area contributed by atoms with Crippen molar-refractivity contribution in [2.24, 2.45) is 0 Å². The van der Waals surface area contributed by atoms with E-state index in [4.69, 9.17) is 8.94 Å². The molecule has 5 rings (SSSR count). The van der Waals surface area contributed by atoms with Crippen molar-refractivity contribution >= 4 is 28.2 Å². The van der Waals surface area contributed by atoms with Crippen molar-refractivity contribution in [2.45, 2.75) is 25.2 Å². The van der Waals surface area contributed by atoms with Crippen LogP contribution in [0.5, 0.6) is 0 Å². The number of carbonyl (C=O) groups excluding carboxylic acids is 1. The van der Waals surface area contributed by atoms with Crippen LogP contribution >= 0.6 is 11.3 Å². The maximum absolute atomic E-state index is 12.9. The molecule has 142 valence electrons. The number of amides is 1. The topological polar surface area (TPSA) is 85.3 Å². The smallest absolute Gasteiger partial charge is 0.257 e. The second-order valence-corrected chi connectivity index (χ2v) is 7.85. The number of para-hydroxylation sites is 1. The summed E-state index contributed by atoms with van der Waals surface area (Å²) in [5.74, 6) is 1.25. The molecule has 0 saturated carbocycles. The fourth-order valence-electron chi connectivity index (χ4n) is 3.63. The zero-order chi connectivity index (χ0) is 18.9. The summed E-state index contributed by atoms with van der Waals surface area (Å²) in [4.78, 5) is 15.7. The van der Waals surface area contributed by atoms with Crippen molar-refractivity contribution < 1.29 is 13.7 Å². The first-order chi connectivity index (χ1) is 13.8. The number of carbonyl (C=O) groups is 1. The van der Waals surface area contributed by atoms with Crippen LogP contribution in [0.2, 0.25) is 0 Å². The molecule has 3 aromatic heterocycles. The molecule has 1 aromatic carbocycles. The lowest BCUT2D eigenvalue weighted by molar-refractivity contribution is -0.131. The molecule has 1 amide bonds. The third-order valence-electron chi connectivity index (χ3n) is 5.07. The van der Waals surface area contributed by atoms with Crippen molar-refractivity contribution in [3.8, 4) is 10.8 Å². The molecular weight excluding hydrogens is 376 g/mol. The number of hydrogen-bond donors (Lipinski definition) is 0. The summed E-state index contributed by atoms with van der Waals surface area (Å²) in [6, 6.07) is 11.5. The predicted octanol–water partition coefficient (Wildman–Crippen LogP) is 3.89. The van der Waals surface area contributed by atoms with E-state index >= 15 is 0 Å². The molecule has 1 saturated heterocycles. The number of aromatic nitrogens is 3. The van der Waals surface area contributed by atoms with Gasteiger partial charge in [-0.15, -0.1) is 21.5 Å².